The van der Waals surface area contributed by atoms with Crippen LogP contribution in [-0.4, -0.2) is 37.5 Å². The van der Waals surface area contributed by atoms with Crippen LogP contribution in [0.5, 0.6) is 11.5 Å². The Kier molecular flexibility index (Phi) is 5.00. The molecule has 2 aromatic rings. The zero-order chi connectivity index (χ0) is 20.6. The molecule has 0 aliphatic carbocycles. The first-order valence-electron chi connectivity index (χ1n) is 9.68. The number of hydrogen-bond donors (Lipinski definition) is 1. The van der Waals surface area contributed by atoms with E-state index >= 15 is 0 Å². The molecule has 0 spiro atoms. The van der Waals surface area contributed by atoms with E-state index in [0.29, 0.717) is 30.3 Å². The van der Waals surface area contributed by atoms with Crippen LogP contribution in [0.15, 0.2) is 47.4 Å². The zero-order valence-electron chi connectivity index (χ0n) is 16.5. The molecule has 0 saturated carbocycles. The molecule has 1 saturated heterocycles. The number of carbonyl (C=O) groups excluding carboxylic acids is 1. The SMILES string of the molecule is CC1(C)Oc2ccc(NC(=O)c3cccc(S(=O)(=O)N4CCCCC4)c3)cc2O1. The summed E-state index contributed by atoms with van der Waals surface area (Å²) in [5, 5.41) is 2.79. The van der Waals surface area contributed by atoms with E-state index in [0.717, 1.165) is 19.3 Å². The summed E-state index contributed by atoms with van der Waals surface area (Å²) in [4.78, 5) is 12.8. The molecule has 2 aromatic carbocycles. The lowest BCUT2D eigenvalue weighted by Crippen LogP contribution is -2.35. The van der Waals surface area contributed by atoms with Crippen molar-refractivity contribution in [2.45, 2.75) is 43.8 Å². The van der Waals surface area contributed by atoms with Crippen LogP contribution in [0.1, 0.15) is 43.5 Å². The summed E-state index contributed by atoms with van der Waals surface area (Å²) in [7, 11) is -3.60. The van der Waals surface area contributed by atoms with Gasteiger partial charge in [0.1, 0.15) is 0 Å². The minimum atomic E-state index is -3.60. The lowest BCUT2D eigenvalue weighted by molar-refractivity contribution is -0.0431. The molecular formula is C21H24N2O5S. The van der Waals surface area contributed by atoms with Crippen LogP contribution in [0.25, 0.3) is 0 Å². The molecule has 2 aliphatic rings. The number of fused-ring (bicyclic) bond motifs is 1. The molecule has 8 heteroatoms. The molecular weight excluding hydrogens is 392 g/mol. The van der Waals surface area contributed by atoms with E-state index in [4.69, 9.17) is 9.47 Å². The average Bonchev–Trinajstić information content (AvgIpc) is 3.02. The Hall–Kier alpha value is -2.58. The van der Waals surface area contributed by atoms with Gasteiger partial charge in [-0.1, -0.05) is 12.5 Å². The van der Waals surface area contributed by atoms with Gasteiger partial charge in [-0.15, -0.1) is 0 Å². The van der Waals surface area contributed by atoms with Gasteiger partial charge in [-0.25, -0.2) is 8.42 Å². The second-order valence-electron chi connectivity index (χ2n) is 7.71. The molecule has 2 heterocycles. The van der Waals surface area contributed by atoms with Crippen LogP contribution in [-0.2, 0) is 10.0 Å². The largest absolute Gasteiger partial charge is 0.449 e. The van der Waals surface area contributed by atoms with E-state index in [1.54, 1.807) is 44.2 Å². The number of sulfonamides is 1. The first kappa shape index (κ1) is 19.7. The van der Waals surface area contributed by atoms with Crippen LogP contribution in [0.3, 0.4) is 0 Å². The van der Waals surface area contributed by atoms with Crippen molar-refractivity contribution < 1.29 is 22.7 Å². The van der Waals surface area contributed by atoms with Gasteiger partial charge >= 0.3 is 0 Å². The van der Waals surface area contributed by atoms with E-state index < -0.39 is 15.8 Å². The number of nitrogens with zero attached hydrogens (tertiary/aromatic N) is 1. The van der Waals surface area contributed by atoms with Crippen molar-refractivity contribution in [1.29, 1.82) is 0 Å². The highest BCUT2D eigenvalue weighted by molar-refractivity contribution is 7.89. The van der Waals surface area contributed by atoms with Crippen molar-refractivity contribution in [3.8, 4) is 11.5 Å². The number of ether oxygens (including phenoxy) is 2. The van der Waals surface area contributed by atoms with Crippen molar-refractivity contribution in [2.75, 3.05) is 18.4 Å². The standard InChI is InChI=1S/C21H24N2O5S/c1-21(2)27-18-10-9-16(14-19(18)28-21)22-20(24)15-7-6-8-17(13-15)29(25,26)23-11-4-3-5-12-23/h6-10,13-14H,3-5,11-12H2,1-2H3,(H,22,24). The fourth-order valence-electron chi connectivity index (χ4n) is 3.56. The van der Waals surface area contributed by atoms with E-state index in [-0.39, 0.29) is 16.4 Å². The van der Waals surface area contributed by atoms with Crippen LogP contribution < -0.4 is 14.8 Å². The smallest absolute Gasteiger partial charge is 0.255 e. The summed E-state index contributed by atoms with van der Waals surface area (Å²) in [5.74, 6) is 0.0259. The number of benzene rings is 2. The molecule has 154 valence electrons. The quantitative estimate of drug-likeness (QED) is 0.823. The number of rotatable bonds is 4. The minimum Gasteiger partial charge on any atom is -0.449 e. The van der Waals surface area contributed by atoms with E-state index in [1.807, 2.05) is 0 Å². The molecule has 2 aliphatic heterocycles. The van der Waals surface area contributed by atoms with Crippen LogP contribution in [0.4, 0.5) is 5.69 Å². The fourth-order valence-corrected chi connectivity index (χ4v) is 5.12. The fraction of sp³-hybridized carbons (Fsp3) is 0.381. The summed E-state index contributed by atoms with van der Waals surface area (Å²) in [6.07, 6.45) is 2.77. The summed E-state index contributed by atoms with van der Waals surface area (Å²) in [6, 6.07) is 11.3. The number of anilines is 1. The molecule has 7 nitrogen and oxygen atoms in total. The lowest BCUT2D eigenvalue weighted by Gasteiger charge is -2.26. The van der Waals surface area contributed by atoms with Crippen molar-refractivity contribution >= 4 is 21.6 Å². The third-order valence-corrected chi connectivity index (χ3v) is 6.86. The van der Waals surface area contributed by atoms with Crippen molar-refractivity contribution in [3.63, 3.8) is 0 Å². The number of piperidine rings is 1. The second kappa shape index (κ2) is 7.35. The van der Waals surface area contributed by atoms with E-state index in [1.165, 1.54) is 16.4 Å². The maximum atomic E-state index is 12.9. The maximum absolute atomic E-state index is 12.9. The first-order valence-corrected chi connectivity index (χ1v) is 11.1. The molecule has 1 N–H and O–H groups in total. The lowest BCUT2D eigenvalue weighted by atomic mass is 10.2. The van der Waals surface area contributed by atoms with Gasteiger partial charge in [0.15, 0.2) is 11.5 Å². The predicted molar refractivity (Wildman–Crippen MR) is 109 cm³/mol. The van der Waals surface area contributed by atoms with Gasteiger partial charge in [0.05, 0.1) is 4.90 Å². The van der Waals surface area contributed by atoms with E-state index in [9.17, 15) is 13.2 Å². The molecule has 29 heavy (non-hydrogen) atoms. The Morgan fingerprint density at radius 1 is 1.00 bits per heavy atom. The monoisotopic (exact) mass is 416 g/mol. The van der Waals surface area contributed by atoms with Gasteiger partial charge in [-0.2, -0.15) is 4.31 Å². The Balaban J connectivity index is 1.52. The number of hydrogen-bond acceptors (Lipinski definition) is 5. The molecule has 0 aromatic heterocycles. The highest BCUT2D eigenvalue weighted by atomic mass is 32.2. The molecule has 1 amide bonds. The first-order chi connectivity index (χ1) is 13.7. The topological polar surface area (TPSA) is 84.9 Å². The van der Waals surface area contributed by atoms with Gasteiger partial charge < -0.3 is 14.8 Å². The van der Waals surface area contributed by atoms with Crippen LogP contribution in [0, 0.1) is 0 Å². The Bertz CT molecular complexity index is 1040. The molecule has 0 unspecified atom stereocenters. The number of amides is 1. The zero-order valence-corrected chi connectivity index (χ0v) is 17.3. The van der Waals surface area contributed by atoms with Gasteiger partial charge in [0.25, 0.3) is 5.91 Å². The highest BCUT2D eigenvalue weighted by Gasteiger charge is 2.32. The summed E-state index contributed by atoms with van der Waals surface area (Å²) in [5.41, 5.74) is 0.820. The van der Waals surface area contributed by atoms with Gasteiger partial charge in [-0.3, -0.25) is 4.79 Å². The van der Waals surface area contributed by atoms with E-state index in [2.05, 4.69) is 5.32 Å². The van der Waals surface area contributed by atoms with Crippen LogP contribution >= 0.6 is 0 Å². The predicted octanol–water partition coefficient (Wildman–Crippen LogP) is 3.62. The summed E-state index contributed by atoms with van der Waals surface area (Å²) >= 11 is 0. The van der Waals surface area contributed by atoms with Gasteiger partial charge in [0.2, 0.25) is 15.8 Å². The molecule has 4 rings (SSSR count). The molecule has 0 bridgehead atoms. The van der Waals surface area contributed by atoms with Crippen molar-refractivity contribution in [1.82, 2.24) is 4.31 Å². The highest BCUT2D eigenvalue weighted by Crippen LogP contribution is 2.40. The Morgan fingerprint density at radius 3 is 2.48 bits per heavy atom. The average molecular weight is 416 g/mol. The third kappa shape index (κ3) is 4.09. The second-order valence-corrected chi connectivity index (χ2v) is 9.65. The number of nitrogens with one attached hydrogen (secondary N) is 1. The molecule has 0 radical (unpaired) electrons. The van der Waals surface area contributed by atoms with Gasteiger partial charge in [-0.05, 0) is 43.2 Å². The third-order valence-electron chi connectivity index (χ3n) is 4.96. The summed E-state index contributed by atoms with van der Waals surface area (Å²) < 4.78 is 38.6. The molecule has 0 atom stereocenters. The van der Waals surface area contributed by atoms with Crippen molar-refractivity contribution in [2.24, 2.45) is 0 Å². The van der Waals surface area contributed by atoms with Crippen LogP contribution in [0.2, 0.25) is 0 Å². The number of carbonyl (C=O) groups is 1. The molecule has 1 fully saturated rings. The van der Waals surface area contributed by atoms with Gasteiger partial charge in [0, 0.05) is 44.3 Å². The minimum absolute atomic E-state index is 0.138. The Morgan fingerprint density at radius 2 is 1.72 bits per heavy atom. The van der Waals surface area contributed by atoms with Crippen molar-refractivity contribution in [3.05, 3.63) is 48.0 Å². The Labute approximate surface area is 170 Å². The maximum Gasteiger partial charge on any atom is 0.255 e. The summed E-state index contributed by atoms with van der Waals surface area (Å²) in [6.45, 7) is 4.65. The normalized spacial score (nSPS) is 18.4.